The second-order valence-corrected chi connectivity index (χ2v) is 3.45. The topological polar surface area (TPSA) is 115 Å². The lowest BCUT2D eigenvalue weighted by molar-refractivity contribution is -0.140. The van der Waals surface area contributed by atoms with Gasteiger partial charge in [0, 0.05) is 12.2 Å². The van der Waals surface area contributed by atoms with E-state index in [2.05, 4.69) is 9.73 Å². The molecule has 6 nitrogen and oxygen atoms in total. The molecule has 0 amide bonds. The number of nitrogens with one attached hydrogen (secondary N) is 1. The number of carbonyl (C=O) groups is 1. The van der Waals surface area contributed by atoms with Crippen LogP contribution in [-0.4, -0.2) is 30.0 Å². The molecule has 80 valence electrons. The average molecular weight is 218 g/mol. The van der Waals surface area contributed by atoms with Gasteiger partial charge in [-0.1, -0.05) is 11.8 Å². The first kappa shape index (κ1) is 12.8. The molecule has 0 atom stereocenters. The number of thioether (sulfide) groups is 1. The van der Waals surface area contributed by atoms with Crippen LogP contribution in [0, 0.1) is 5.41 Å². The van der Waals surface area contributed by atoms with Gasteiger partial charge < -0.3 is 16.2 Å². The first-order chi connectivity index (χ1) is 6.56. The molecule has 0 aromatic carbocycles. The number of hydrogen-bond acceptors (Lipinski definition) is 4. The summed E-state index contributed by atoms with van der Waals surface area (Å²) in [6.45, 7) is 0. The van der Waals surface area contributed by atoms with Crippen LogP contribution in [0.1, 0.15) is 12.8 Å². The Hall–Kier alpha value is -1.24. The van der Waals surface area contributed by atoms with Crippen molar-refractivity contribution in [1.29, 1.82) is 5.41 Å². The van der Waals surface area contributed by atoms with Crippen LogP contribution in [-0.2, 0) is 9.53 Å². The molecule has 0 bridgehead atoms. The molecule has 0 rings (SSSR count). The monoisotopic (exact) mass is 218 g/mol. The summed E-state index contributed by atoms with van der Waals surface area (Å²) in [6.07, 6.45) is 0.984. The van der Waals surface area contributed by atoms with Gasteiger partial charge in [0.05, 0.1) is 7.11 Å². The van der Waals surface area contributed by atoms with Crippen molar-refractivity contribution in [3.8, 4) is 0 Å². The highest BCUT2D eigenvalue weighted by atomic mass is 32.2. The molecular formula is C7H14N4O2S. The predicted molar refractivity (Wildman–Crippen MR) is 57.2 cm³/mol. The van der Waals surface area contributed by atoms with E-state index in [-0.39, 0.29) is 17.1 Å². The number of esters is 1. The number of nitrogens with two attached hydrogens (primary N) is 2. The quantitative estimate of drug-likeness (QED) is 0.263. The fourth-order valence-corrected chi connectivity index (χ4v) is 1.29. The minimum absolute atomic E-state index is 0.0508. The number of guanidine groups is 1. The van der Waals surface area contributed by atoms with Gasteiger partial charge in [0.15, 0.2) is 11.1 Å². The van der Waals surface area contributed by atoms with Gasteiger partial charge in [0.2, 0.25) is 0 Å². The third-order valence-electron chi connectivity index (χ3n) is 1.22. The third kappa shape index (κ3) is 7.41. The maximum atomic E-state index is 10.7. The number of aliphatic imine (C=N–C) groups is 1. The summed E-state index contributed by atoms with van der Waals surface area (Å²) in [5.74, 6) is 0.236. The number of amidine groups is 1. The van der Waals surface area contributed by atoms with Gasteiger partial charge in [-0.15, -0.1) is 0 Å². The van der Waals surface area contributed by atoms with E-state index in [4.69, 9.17) is 16.9 Å². The number of hydrogen-bond donors (Lipinski definition) is 3. The fourth-order valence-electron chi connectivity index (χ4n) is 0.637. The normalized spacial score (nSPS) is 9.21. The molecule has 0 radical (unpaired) electrons. The third-order valence-corrected chi connectivity index (χ3v) is 2.08. The first-order valence-corrected chi connectivity index (χ1v) is 4.92. The standard InChI is InChI=1S/C7H14N4O2S/c1-13-5(12)3-2-4-14-7(10)11-6(8)9/h2-4H2,1H3,(H5,8,9,10,11). The average Bonchev–Trinajstić information content (AvgIpc) is 2.10. The van der Waals surface area contributed by atoms with E-state index in [0.29, 0.717) is 18.6 Å². The van der Waals surface area contributed by atoms with Gasteiger partial charge in [-0.05, 0) is 6.42 Å². The molecule has 7 heteroatoms. The summed E-state index contributed by atoms with van der Waals surface area (Å²) in [5, 5.41) is 7.30. The summed E-state index contributed by atoms with van der Waals surface area (Å²) in [4.78, 5) is 14.2. The maximum absolute atomic E-state index is 10.7. The number of ether oxygens (including phenoxy) is 1. The summed E-state index contributed by atoms with van der Waals surface area (Å²) in [5.41, 5.74) is 10.1. The van der Waals surface area contributed by atoms with Crippen LogP contribution in [0.5, 0.6) is 0 Å². The lowest BCUT2D eigenvalue weighted by Crippen LogP contribution is -2.23. The lowest BCUT2D eigenvalue weighted by atomic mass is 10.3. The molecule has 0 unspecified atom stereocenters. The predicted octanol–water partition coefficient (Wildman–Crippen LogP) is -0.119. The van der Waals surface area contributed by atoms with Crippen LogP contribution >= 0.6 is 11.8 Å². The molecule has 0 spiro atoms. The highest BCUT2D eigenvalue weighted by Crippen LogP contribution is 2.07. The number of carbonyl (C=O) groups excluding carboxylic acids is 1. The lowest BCUT2D eigenvalue weighted by Gasteiger charge is -1.99. The van der Waals surface area contributed by atoms with Crippen molar-refractivity contribution < 1.29 is 9.53 Å². The first-order valence-electron chi connectivity index (χ1n) is 3.94. The van der Waals surface area contributed by atoms with Crippen LogP contribution in [0.25, 0.3) is 0 Å². The van der Waals surface area contributed by atoms with E-state index < -0.39 is 0 Å². The number of nitrogens with zero attached hydrogens (tertiary/aromatic N) is 1. The Morgan fingerprint density at radius 3 is 2.71 bits per heavy atom. The molecular weight excluding hydrogens is 204 g/mol. The van der Waals surface area contributed by atoms with Gasteiger partial charge in [-0.2, -0.15) is 4.99 Å². The molecule has 14 heavy (non-hydrogen) atoms. The minimum Gasteiger partial charge on any atom is -0.469 e. The Kier molecular flexibility index (Phi) is 6.55. The molecule has 0 fully saturated rings. The van der Waals surface area contributed by atoms with Crippen LogP contribution in [0.15, 0.2) is 4.99 Å². The van der Waals surface area contributed by atoms with Crippen LogP contribution in [0.3, 0.4) is 0 Å². The smallest absolute Gasteiger partial charge is 0.305 e. The molecule has 5 N–H and O–H groups in total. The Labute approximate surface area is 86.6 Å². The van der Waals surface area contributed by atoms with Crippen molar-refractivity contribution in [2.24, 2.45) is 16.5 Å². The van der Waals surface area contributed by atoms with Gasteiger partial charge in [0.25, 0.3) is 0 Å². The molecule has 0 aliphatic carbocycles. The van der Waals surface area contributed by atoms with E-state index in [1.807, 2.05) is 0 Å². The second kappa shape index (κ2) is 7.19. The van der Waals surface area contributed by atoms with E-state index >= 15 is 0 Å². The maximum Gasteiger partial charge on any atom is 0.305 e. The molecule has 0 aromatic rings. The SMILES string of the molecule is COC(=O)CCCSC(=N)N=C(N)N. The summed E-state index contributed by atoms with van der Waals surface area (Å²) in [7, 11) is 1.34. The van der Waals surface area contributed by atoms with E-state index in [1.165, 1.54) is 18.9 Å². The zero-order valence-electron chi connectivity index (χ0n) is 7.95. The molecule has 0 aliphatic heterocycles. The Bertz CT molecular complexity index is 238. The van der Waals surface area contributed by atoms with Gasteiger partial charge in [-0.3, -0.25) is 10.2 Å². The van der Waals surface area contributed by atoms with Crippen LogP contribution < -0.4 is 11.5 Å². The Balaban J connectivity index is 3.51. The summed E-state index contributed by atoms with van der Waals surface area (Å²) in [6, 6.07) is 0. The molecule has 0 saturated carbocycles. The van der Waals surface area contributed by atoms with Crippen molar-refractivity contribution in [2.75, 3.05) is 12.9 Å². The largest absolute Gasteiger partial charge is 0.469 e. The van der Waals surface area contributed by atoms with E-state index in [1.54, 1.807) is 0 Å². The minimum atomic E-state index is -0.251. The highest BCUT2D eigenvalue weighted by Gasteiger charge is 2.01. The van der Waals surface area contributed by atoms with Crippen molar-refractivity contribution in [1.82, 2.24) is 0 Å². The van der Waals surface area contributed by atoms with Crippen molar-refractivity contribution in [3.05, 3.63) is 0 Å². The van der Waals surface area contributed by atoms with E-state index in [9.17, 15) is 4.79 Å². The van der Waals surface area contributed by atoms with Gasteiger partial charge >= 0.3 is 5.97 Å². The van der Waals surface area contributed by atoms with Crippen LogP contribution in [0.2, 0.25) is 0 Å². The van der Waals surface area contributed by atoms with Gasteiger partial charge in [0.1, 0.15) is 0 Å². The highest BCUT2D eigenvalue weighted by molar-refractivity contribution is 8.13. The van der Waals surface area contributed by atoms with Crippen molar-refractivity contribution >= 4 is 28.9 Å². The van der Waals surface area contributed by atoms with Gasteiger partial charge in [-0.25, -0.2) is 0 Å². The molecule has 0 heterocycles. The van der Waals surface area contributed by atoms with Crippen molar-refractivity contribution in [3.63, 3.8) is 0 Å². The Morgan fingerprint density at radius 2 is 2.21 bits per heavy atom. The molecule has 0 saturated heterocycles. The fraction of sp³-hybridized carbons (Fsp3) is 0.571. The zero-order valence-corrected chi connectivity index (χ0v) is 8.76. The molecule has 0 aliphatic rings. The summed E-state index contributed by atoms with van der Waals surface area (Å²) >= 11 is 1.19. The Morgan fingerprint density at radius 1 is 1.57 bits per heavy atom. The number of rotatable bonds is 4. The summed E-state index contributed by atoms with van der Waals surface area (Å²) < 4.78 is 4.45. The second-order valence-electron chi connectivity index (χ2n) is 2.37. The van der Waals surface area contributed by atoms with Crippen molar-refractivity contribution in [2.45, 2.75) is 12.8 Å². The van der Waals surface area contributed by atoms with E-state index in [0.717, 1.165) is 0 Å². The number of methoxy groups -OCH3 is 1. The zero-order chi connectivity index (χ0) is 11.0. The van der Waals surface area contributed by atoms with Crippen LogP contribution in [0.4, 0.5) is 0 Å². The molecule has 0 aromatic heterocycles.